The largest absolute Gasteiger partial charge is 0.491 e. The van der Waals surface area contributed by atoms with Crippen molar-refractivity contribution in [1.29, 1.82) is 0 Å². The van der Waals surface area contributed by atoms with Gasteiger partial charge in [-0.15, -0.1) is 24.0 Å². The van der Waals surface area contributed by atoms with Gasteiger partial charge in [0.1, 0.15) is 5.75 Å². The monoisotopic (exact) mass is 417 g/mol. The first-order chi connectivity index (χ1) is 9.99. The number of hydrogen-bond acceptors (Lipinski definition) is 2. The fraction of sp³-hybridized carbons (Fsp3) is 0.588. The number of aliphatic imine (C=N–C) groups is 1. The van der Waals surface area contributed by atoms with Crippen molar-refractivity contribution in [2.75, 3.05) is 7.05 Å². The van der Waals surface area contributed by atoms with Crippen LogP contribution in [0.5, 0.6) is 5.75 Å². The standard InChI is InChI=1S/C17H27N3O.HI/c1-11(2)21-16-8-12(3)6-7-14(16)10-19-17(18-5)20-15-9-13(15)4;/h6-8,11,13,15H,9-10H2,1-5H3,(H2,18,19,20);1H. The summed E-state index contributed by atoms with van der Waals surface area (Å²) in [4.78, 5) is 4.28. The van der Waals surface area contributed by atoms with Crippen LogP contribution in [-0.2, 0) is 6.54 Å². The normalized spacial score (nSPS) is 20.4. The smallest absolute Gasteiger partial charge is 0.191 e. The lowest BCUT2D eigenvalue weighted by atomic mass is 10.1. The second kappa shape index (κ2) is 8.60. The summed E-state index contributed by atoms with van der Waals surface area (Å²) in [6.07, 6.45) is 1.41. The van der Waals surface area contributed by atoms with Crippen molar-refractivity contribution >= 4 is 29.9 Å². The minimum Gasteiger partial charge on any atom is -0.491 e. The number of aryl methyl sites for hydroxylation is 1. The SMILES string of the molecule is CN=C(NCc1ccc(C)cc1OC(C)C)NC1CC1C.I. The van der Waals surface area contributed by atoms with Gasteiger partial charge in [-0.05, 0) is 44.7 Å². The lowest BCUT2D eigenvalue weighted by molar-refractivity contribution is 0.239. The zero-order valence-electron chi connectivity index (χ0n) is 14.1. The molecule has 0 heterocycles. The zero-order valence-corrected chi connectivity index (χ0v) is 16.5. The summed E-state index contributed by atoms with van der Waals surface area (Å²) >= 11 is 0. The van der Waals surface area contributed by atoms with E-state index in [0.29, 0.717) is 12.6 Å². The van der Waals surface area contributed by atoms with Gasteiger partial charge in [-0.1, -0.05) is 19.1 Å². The van der Waals surface area contributed by atoms with Gasteiger partial charge >= 0.3 is 0 Å². The average Bonchev–Trinajstić information content (AvgIpc) is 3.11. The third kappa shape index (κ3) is 5.66. The molecule has 1 aliphatic carbocycles. The Labute approximate surface area is 151 Å². The number of hydrogen-bond donors (Lipinski definition) is 2. The summed E-state index contributed by atoms with van der Waals surface area (Å²) in [5, 5.41) is 6.80. The Balaban J connectivity index is 0.00000242. The maximum absolute atomic E-state index is 5.90. The minimum atomic E-state index is 0. The highest BCUT2D eigenvalue weighted by atomic mass is 127. The highest BCUT2D eigenvalue weighted by Crippen LogP contribution is 2.28. The Morgan fingerprint density at radius 3 is 2.64 bits per heavy atom. The van der Waals surface area contributed by atoms with E-state index < -0.39 is 0 Å². The number of rotatable bonds is 5. The molecule has 1 saturated carbocycles. The summed E-state index contributed by atoms with van der Waals surface area (Å²) in [6, 6.07) is 6.90. The van der Waals surface area contributed by atoms with E-state index in [1.54, 1.807) is 0 Å². The molecule has 0 bridgehead atoms. The molecule has 2 unspecified atom stereocenters. The Morgan fingerprint density at radius 1 is 1.41 bits per heavy atom. The molecular weight excluding hydrogens is 389 g/mol. The fourth-order valence-corrected chi connectivity index (χ4v) is 2.24. The van der Waals surface area contributed by atoms with E-state index in [1.807, 2.05) is 7.05 Å². The molecule has 4 nitrogen and oxygen atoms in total. The van der Waals surface area contributed by atoms with Crippen LogP contribution in [0.3, 0.4) is 0 Å². The van der Waals surface area contributed by atoms with Gasteiger partial charge in [0.2, 0.25) is 0 Å². The molecule has 1 aromatic rings. The number of benzene rings is 1. The first kappa shape index (κ1) is 19.1. The van der Waals surface area contributed by atoms with E-state index in [2.05, 4.69) is 61.5 Å². The molecule has 2 atom stereocenters. The molecule has 2 N–H and O–H groups in total. The van der Waals surface area contributed by atoms with Gasteiger partial charge in [0.15, 0.2) is 5.96 Å². The van der Waals surface area contributed by atoms with Crippen LogP contribution in [0.25, 0.3) is 0 Å². The van der Waals surface area contributed by atoms with Crippen molar-refractivity contribution in [1.82, 2.24) is 10.6 Å². The van der Waals surface area contributed by atoms with Gasteiger partial charge in [0, 0.05) is 25.2 Å². The molecule has 1 aromatic carbocycles. The van der Waals surface area contributed by atoms with Gasteiger partial charge in [-0.25, -0.2) is 0 Å². The van der Waals surface area contributed by atoms with Crippen LogP contribution in [0.1, 0.15) is 38.3 Å². The molecule has 0 radical (unpaired) electrons. The highest BCUT2D eigenvalue weighted by molar-refractivity contribution is 14.0. The quantitative estimate of drug-likeness (QED) is 0.438. The zero-order chi connectivity index (χ0) is 15.4. The molecular formula is C17H28IN3O. The van der Waals surface area contributed by atoms with E-state index in [-0.39, 0.29) is 30.1 Å². The van der Waals surface area contributed by atoms with E-state index in [0.717, 1.165) is 23.2 Å². The summed E-state index contributed by atoms with van der Waals surface area (Å²) in [5.41, 5.74) is 2.37. The number of nitrogens with one attached hydrogen (secondary N) is 2. The number of nitrogens with zero attached hydrogens (tertiary/aromatic N) is 1. The van der Waals surface area contributed by atoms with Crippen LogP contribution in [0.15, 0.2) is 23.2 Å². The van der Waals surface area contributed by atoms with E-state index >= 15 is 0 Å². The maximum Gasteiger partial charge on any atom is 0.191 e. The molecule has 124 valence electrons. The first-order valence-electron chi connectivity index (χ1n) is 7.73. The molecule has 1 aliphatic rings. The second-order valence-corrected chi connectivity index (χ2v) is 6.17. The van der Waals surface area contributed by atoms with Gasteiger partial charge in [-0.3, -0.25) is 4.99 Å². The summed E-state index contributed by atoms with van der Waals surface area (Å²) < 4.78 is 5.90. The highest BCUT2D eigenvalue weighted by Gasteiger charge is 2.33. The van der Waals surface area contributed by atoms with Gasteiger partial charge in [-0.2, -0.15) is 0 Å². The lowest BCUT2D eigenvalue weighted by Crippen LogP contribution is -2.38. The lowest BCUT2D eigenvalue weighted by Gasteiger charge is -2.17. The predicted octanol–water partition coefficient (Wildman–Crippen LogP) is 3.47. The minimum absolute atomic E-state index is 0. The Morgan fingerprint density at radius 2 is 2.09 bits per heavy atom. The number of halogens is 1. The van der Waals surface area contributed by atoms with E-state index in [4.69, 9.17) is 4.74 Å². The van der Waals surface area contributed by atoms with Crippen molar-refractivity contribution in [2.24, 2.45) is 10.9 Å². The van der Waals surface area contributed by atoms with E-state index in [1.165, 1.54) is 12.0 Å². The summed E-state index contributed by atoms with van der Waals surface area (Å²) in [6.45, 7) is 9.14. The van der Waals surface area contributed by atoms with Crippen molar-refractivity contribution in [3.63, 3.8) is 0 Å². The molecule has 0 aromatic heterocycles. The third-order valence-corrected chi connectivity index (χ3v) is 3.69. The molecule has 2 rings (SSSR count). The summed E-state index contributed by atoms with van der Waals surface area (Å²) in [7, 11) is 1.81. The van der Waals surface area contributed by atoms with Crippen LogP contribution in [0.4, 0.5) is 0 Å². The van der Waals surface area contributed by atoms with Gasteiger partial charge in [0.05, 0.1) is 6.10 Å². The fourth-order valence-electron chi connectivity index (χ4n) is 2.24. The van der Waals surface area contributed by atoms with Crippen molar-refractivity contribution in [3.8, 4) is 5.75 Å². The molecule has 0 spiro atoms. The molecule has 22 heavy (non-hydrogen) atoms. The maximum atomic E-state index is 5.90. The third-order valence-electron chi connectivity index (χ3n) is 3.69. The molecule has 0 aliphatic heterocycles. The van der Waals surface area contributed by atoms with Crippen LogP contribution < -0.4 is 15.4 Å². The predicted molar refractivity (Wildman–Crippen MR) is 103 cm³/mol. The van der Waals surface area contributed by atoms with Crippen LogP contribution in [0, 0.1) is 12.8 Å². The number of guanidine groups is 1. The molecule has 1 fully saturated rings. The van der Waals surface area contributed by atoms with Gasteiger partial charge in [0.25, 0.3) is 0 Å². The Hall–Kier alpha value is -0.980. The first-order valence-corrected chi connectivity index (χ1v) is 7.73. The van der Waals surface area contributed by atoms with Crippen molar-refractivity contribution in [3.05, 3.63) is 29.3 Å². The second-order valence-electron chi connectivity index (χ2n) is 6.17. The number of ether oxygens (including phenoxy) is 1. The molecule has 0 amide bonds. The van der Waals surface area contributed by atoms with Crippen molar-refractivity contribution in [2.45, 2.75) is 52.8 Å². The average molecular weight is 417 g/mol. The summed E-state index contributed by atoms with van der Waals surface area (Å²) in [5.74, 6) is 2.57. The van der Waals surface area contributed by atoms with Crippen LogP contribution in [-0.4, -0.2) is 25.2 Å². The molecule has 0 saturated heterocycles. The molecule has 5 heteroatoms. The Bertz CT molecular complexity index is 517. The Kier molecular flexibility index (Phi) is 7.45. The topological polar surface area (TPSA) is 45.7 Å². The van der Waals surface area contributed by atoms with Crippen LogP contribution in [0.2, 0.25) is 0 Å². The van der Waals surface area contributed by atoms with Crippen LogP contribution >= 0.6 is 24.0 Å². The van der Waals surface area contributed by atoms with Crippen molar-refractivity contribution < 1.29 is 4.74 Å². The van der Waals surface area contributed by atoms with E-state index in [9.17, 15) is 0 Å². The van der Waals surface area contributed by atoms with Gasteiger partial charge < -0.3 is 15.4 Å².